The first-order valence-corrected chi connectivity index (χ1v) is 4.98. The van der Waals surface area contributed by atoms with Gasteiger partial charge in [0.1, 0.15) is 10.6 Å². The van der Waals surface area contributed by atoms with Gasteiger partial charge in [-0.3, -0.25) is 5.84 Å². The SMILES string of the molecule is Cc1cccc(S(=O)(=O)NN)c1O. The summed E-state index contributed by atoms with van der Waals surface area (Å²) >= 11 is 0. The third-order valence-corrected chi connectivity index (χ3v) is 2.86. The summed E-state index contributed by atoms with van der Waals surface area (Å²) in [5.41, 5.74) is 0.483. The van der Waals surface area contributed by atoms with Crippen LogP contribution in [-0.2, 0) is 10.0 Å². The number of phenols is 1. The molecule has 1 aromatic carbocycles. The number of hydrogen-bond donors (Lipinski definition) is 3. The molecule has 0 radical (unpaired) electrons. The summed E-state index contributed by atoms with van der Waals surface area (Å²) in [4.78, 5) is 1.42. The Morgan fingerprint density at radius 1 is 1.46 bits per heavy atom. The molecule has 0 spiro atoms. The van der Waals surface area contributed by atoms with Crippen LogP contribution in [0.1, 0.15) is 5.56 Å². The second-order valence-corrected chi connectivity index (χ2v) is 4.23. The zero-order chi connectivity index (χ0) is 10.1. The molecule has 1 aromatic rings. The quantitative estimate of drug-likeness (QED) is 0.459. The normalized spacial score (nSPS) is 11.5. The second kappa shape index (κ2) is 3.33. The minimum absolute atomic E-state index is 0.213. The Bertz CT molecular complexity index is 414. The molecule has 0 aliphatic rings. The monoisotopic (exact) mass is 202 g/mol. The lowest BCUT2D eigenvalue weighted by Crippen LogP contribution is -2.30. The predicted molar refractivity (Wildman–Crippen MR) is 47.4 cm³/mol. The molecule has 13 heavy (non-hydrogen) atoms. The van der Waals surface area contributed by atoms with Crippen LogP contribution in [0, 0.1) is 6.92 Å². The fraction of sp³-hybridized carbons (Fsp3) is 0.143. The van der Waals surface area contributed by atoms with E-state index in [1.165, 1.54) is 12.1 Å². The Morgan fingerprint density at radius 3 is 2.62 bits per heavy atom. The van der Waals surface area contributed by atoms with Crippen LogP contribution in [-0.4, -0.2) is 13.5 Å². The summed E-state index contributed by atoms with van der Waals surface area (Å²) in [6, 6.07) is 4.40. The smallest absolute Gasteiger partial charge is 0.256 e. The van der Waals surface area contributed by atoms with Gasteiger partial charge in [0.25, 0.3) is 10.0 Å². The zero-order valence-electron chi connectivity index (χ0n) is 6.98. The van der Waals surface area contributed by atoms with Crippen LogP contribution in [0.2, 0.25) is 0 Å². The molecular formula is C7H10N2O3S. The van der Waals surface area contributed by atoms with Gasteiger partial charge in [0.05, 0.1) is 0 Å². The molecule has 0 heterocycles. The van der Waals surface area contributed by atoms with Crippen LogP contribution in [0.15, 0.2) is 23.1 Å². The van der Waals surface area contributed by atoms with Crippen molar-refractivity contribution >= 4 is 10.0 Å². The summed E-state index contributed by atoms with van der Waals surface area (Å²) in [5, 5.41) is 9.39. The number of nitrogens with two attached hydrogens (primary N) is 1. The van der Waals surface area contributed by atoms with Crippen molar-refractivity contribution in [1.29, 1.82) is 0 Å². The number of aromatic hydroxyl groups is 1. The molecule has 6 heteroatoms. The number of phenolic OH excluding ortho intramolecular Hbond substituents is 1. The molecule has 72 valence electrons. The second-order valence-electron chi connectivity index (χ2n) is 2.54. The maximum absolute atomic E-state index is 11.2. The largest absolute Gasteiger partial charge is 0.506 e. The van der Waals surface area contributed by atoms with E-state index in [9.17, 15) is 13.5 Å². The van der Waals surface area contributed by atoms with E-state index >= 15 is 0 Å². The summed E-state index contributed by atoms with van der Waals surface area (Å²) < 4.78 is 22.4. The van der Waals surface area contributed by atoms with E-state index < -0.39 is 10.0 Å². The molecule has 0 fully saturated rings. The van der Waals surface area contributed by atoms with Crippen LogP contribution < -0.4 is 10.7 Å². The van der Waals surface area contributed by atoms with E-state index in [0.717, 1.165) is 0 Å². The van der Waals surface area contributed by atoms with Crippen molar-refractivity contribution in [3.63, 3.8) is 0 Å². The Hall–Kier alpha value is -1.11. The molecule has 0 aromatic heterocycles. The van der Waals surface area contributed by atoms with Gasteiger partial charge in [-0.05, 0) is 18.6 Å². The molecule has 0 aliphatic carbocycles. The van der Waals surface area contributed by atoms with Crippen LogP contribution in [0.4, 0.5) is 0 Å². The van der Waals surface area contributed by atoms with Gasteiger partial charge in [-0.25, -0.2) is 8.42 Å². The van der Waals surface area contributed by atoms with E-state index in [1.54, 1.807) is 17.8 Å². The Balaban J connectivity index is 3.40. The molecule has 0 unspecified atom stereocenters. The topological polar surface area (TPSA) is 92.4 Å². The lowest BCUT2D eigenvalue weighted by molar-refractivity contribution is 0.454. The first kappa shape index (κ1) is 9.97. The van der Waals surface area contributed by atoms with Crippen molar-refractivity contribution < 1.29 is 13.5 Å². The maximum atomic E-state index is 11.2. The van der Waals surface area contributed by atoms with E-state index in [1.807, 2.05) is 0 Å². The molecule has 5 nitrogen and oxygen atoms in total. The summed E-state index contributed by atoms with van der Waals surface area (Å²) in [7, 11) is -3.77. The highest BCUT2D eigenvalue weighted by Crippen LogP contribution is 2.24. The average Bonchev–Trinajstić information content (AvgIpc) is 2.09. The van der Waals surface area contributed by atoms with Crippen LogP contribution in [0.3, 0.4) is 0 Å². The standard InChI is InChI=1S/C7H10N2O3S/c1-5-3-2-4-6(7(5)10)13(11,12)9-8/h2-4,9-10H,8H2,1H3. The van der Waals surface area contributed by atoms with E-state index in [4.69, 9.17) is 5.84 Å². The first-order chi connectivity index (χ1) is 5.99. The van der Waals surface area contributed by atoms with Gasteiger partial charge in [0, 0.05) is 0 Å². The highest BCUT2D eigenvalue weighted by Gasteiger charge is 2.17. The predicted octanol–water partition coefficient (Wildman–Crippen LogP) is -0.147. The zero-order valence-corrected chi connectivity index (χ0v) is 7.80. The minimum Gasteiger partial charge on any atom is -0.506 e. The number of rotatable bonds is 2. The molecule has 0 saturated carbocycles. The molecule has 4 N–H and O–H groups in total. The van der Waals surface area contributed by atoms with Crippen molar-refractivity contribution in [3.05, 3.63) is 23.8 Å². The lowest BCUT2D eigenvalue weighted by Gasteiger charge is -2.06. The Morgan fingerprint density at radius 2 is 2.08 bits per heavy atom. The third kappa shape index (κ3) is 1.80. The third-order valence-electron chi connectivity index (χ3n) is 1.65. The van der Waals surface area contributed by atoms with Gasteiger partial charge in [-0.15, -0.1) is 4.83 Å². The molecule has 0 aliphatic heterocycles. The first-order valence-electron chi connectivity index (χ1n) is 3.50. The van der Waals surface area contributed by atoms with Crippen molar-refractivity contribution in [2.24, 2.45) is 5.84 Å². The molecule has 0 bridgehead atoms. The number of nitrogens with one attached hydrogen (secondary N) is 1. The van der Waals surface area contributed by atoms with Crippen LogP contribution >= 0.6 is 0 Å². The highest BCUT2D eigenvalue weighted by molar-refractivity contribution is 7.89. The number of hydrogen-bond acceptors (Lipinski definition) is 4. The van der Waals surface area contributed by atoms with Crippen molar-refractivity contribution in [1.82, 2.24) is 4.83 Å². The van der Waals surface area contributed by atoms with E-state index in [0.29, 0.717) is 5.56 Å². The Kier molecular flexibility index (Phi) is 2.55. The molecule has 0 atom stereocenters. The number of sulfonamides is 1. The van der Waals surface area contributed by atoms with E-state index in [2.05, 4.69) is 0 Å². The summed E-state index contributed by atoms with van der Waals surface area (Å²) in [6.07, 6.45) is 0. The molecular weight excluding hydrogens is 192 g/mol. The number of aryl methyl sites for hydroxylation is 1. The van der Waals surface area contributed by atoms with Gasteiger partial charge in [-0.2, -0.15) is 0 Å². The van der Waals surface area contributed by atoms with Crippen LogP contribution in [0.5, 0.6) is 5.75 Å². The number of hydrazine groups is 1. The maximum Gasteiger partial charge on any atom is 0.256 e. The van der Waals surface area contributed by atoms with Crippen LogP contribution in [0.25, 0.3) is 0 Å². The lowest BCUT2D eigenvalue weighted by atomic mass is 10.2. The van der Waals surface area contributed by atoms with Gasteiger partial charge in [-0.1, -0.05) is 12.1 Å². The Labute approximate surface area is 76.2 Å². The average molecular weight is 202 g/mol. The summed E-state index contributed by atoms with van der Waals surface area (Å²) in [5.74, 6) is 4.53. The minimum atomic E-state index is -3.77. The van der Waals surface area contributed by atoms with Gasteiger partial charge < -0.3 is 5.11 Å². The summed E-state index contributed by atoms with van der Waals surface area (Å²) in [6.45, 7) is 1.60. The van der Waals surface area contributed by atoms with Crippen molar-refractivity contribution in [3.8, 4) is 5.75 Å². The molecule has 0 amide bonds. The van der Waals surface area contributed by atoms with Gasteiger partial charge in [0.15, 0.2) is 0 Å². The van der Waals surface area contributed by atoms with Crippen molar-refractivity contribution in [2.45, 2.75) is 11.8 Å². The number of benzene rings is 1. The molecule has 0 saturated heterocycles. The fourth-order valence-corrected chi connectivity index (χ4v) is 1.71. The number of para-hydroxylation sites is 1. The highest BCUT2D eigenvalue weighted by atomic mass is 32.2. The fourth-order valence-electron chi connectivity index (χ4n) is 0.912. The molecule has 1 rings (SSSR count). The van der Waals surface area contributed by atoms with E-state index in [-0.39, 0.29) is 10.6 Å². The van der Waals surface area contributed by atoms with Gasteiger partial charge in [0.2, 0.25) is 0 Å². The van der Waals surface area contributed by atoms with Gasteiger partial charge >= 0.3 is 0 Å². The van der Waals surface area contributed by atoms with Crippen molar-refractivity contribution in [2.75, 3.05) is 0 Å².